The van der Waals surface area contributed by atoms with Gasteiger partial charge in [-0.1, -0.05) is 30.3 Å². The molecule has 172 valence electrons. The van der Waals surface area contributed by atoms with E-state index < -0.39 is 16.0 Å². The van der Waals surface area contributed by atoms with Gasteiger partial charge in [-0.05, 0) is 62.4 Å². The average Bonchev–Trinajstić information content (AvgIpc) is 2.77. The van der Waals surface area contributed by atoms with Crippen LogP contribution in [0.5, 0.6) is 0 Å². The molecule has 1 aliphatic heterocycles. The number of ether oxygens (including phenoxy) is 1. The molecule has 3 rings (SSSR count). The van der Waals surface area contributed by atoms with Gasteiger partial charge < -0.3 is 10.1 Å². The van der Waals surface area contributed by atoms with Gasteiger partial charge in [0.2, 0.25) is 15.9 Å². The summed E-state index contributed by atoms with van der Waals surface area (Å²) in [5.41, 5.74) is 3.53. The summed E-state index contributed by atoms with van der Waals surface area (Å²) < 4.78 is 32.2. The Morgan fingerprint density at radius 2 is 1.75 bits per heavy atom. The zero-order valence-electron chi connectivity index (χ0n) is 18.8. The van der Waals surface area contributed by atoms with E-state index in [1.54, 1.807) is 25.1 Å². The summed E-state index contributed by atoms with van der Waals surface area (Å²) in [6.07, 6.45) is 0.908. The van der Waals surface area contributed by atoms with Crippen molar-refractivity contribution in [3.63, 3.8) is 0 Å². The third-order valence-corrected chi connectivity index (χ3v) is 7.65. The molecule has 7 nitrogen and oxygen atoms in total. The second-order valence-corrected chi connectivity index (χ2v) is 10.1. The lowest BCUT2D eigenvalue weighted by molar-refractivity contribution is -0.120. The molecule has 0 radical (unpaired) electrons. The molecule has 0 spiro atoms. The maximum Gasteiger partial charge on any atom is 0.338 e. The van der Waals surface area contributed by atoms with Crippen molar-refractivity contribution in [3.05, 3.63) is 64.7 Å². The van der Waals surface area contributed by atoms with E-state index in [4.69, 9.17) is 4.74 Å². The van der Waals surface area contributed by atoms with Gasteiger partial charge in [0, 0.05) is 24.7 Å². The van der Waals surface area contributed by atoms with E-state index in [-0.39, 0.29) is 24.2 Å². The number of hydrogen-bond donors (Lipinski definition) is 1. The molecule has 0 unspecified atom stereocenters. The number of aryl methyl sites for hydroxylation is 2. The number of carbonyl (C=O) groups excluding carboxylic acids is 2. The molecule has 0 aromatic heterocycles. The number of hydrogen-bond acceptors (Lipinski definition) is 5. The second-order valence-electron chi connectivity index (χ2n) is 8.10. The Morgan fingerprint density at radius 3 is 2.41 bits per heavy atom. The number of nitrogens with zero attached hydrogens (tertiary/aromatic N) is 1. The highest BCUT2D eigenvalue weighted by molar-refractivity contribution is 7.88. The SMILES string of the molecule is CCOC(=O)c1ccc(C)c(NC(=O)C2CCN(S(=O)(=O)Cc3ccccc3C)CC2)c1. The predicted molar refractivity (Wildman–Crippen MR) is 124 cm³/mol. The fourth-order valence-corrected chi connectivity index (χ4v) is 5.46. The lowest BCUT2D eigenvalue weighted by atomic mass is 9.97. The van der Waals surface area contributed by atoms with E-state index >= 15 is 0 Å². The van der Waals surface area contributed by atoms with Crippen LogP contribution in [0.4, 0.5) is 5.69 Å². The maximum absolute atomic E-state index is 12.9. The summed E-state index contributed by atoms with van der Waals surface area (Å²) in [6, 6.07) is 12.5. The molecule has 1 N–H and O–H groups in total. The quantitative estimate of drug-likeness (QED) is 0.639. The van der Waals surface area contributed by atoms with E-state index in [0.717, 1.165) is 16.7 Å². The fourth-order valence-electron chi connectivity index (χ4n) is 3.79. The summed E-state index contributed by atoms with van der Waals surface area (Å²) in [4.78, 5) is 24.8. The number of benzene rings is 2. The number of esters is 1. The number of amides is 1. The highest BCUT2D eigenvalue weighted by Crippen LogP contribution is 2.25. The third-order valence-electron chi connectivity index (χ3n) is 5.82. The van der Waals surface area contributed by atoms with Crippen molar-refractivity contribution in [3.8, 4) is 0 Å². The Labute approximate surface area is 189 Å². The minimum atomic E-state index is -3.44. The maximum atomic E-state index is 12.9. The van der Waals surface area contributed by atoms with Crippen molar-refractivity contribution in [2.75, 3.05) is 25.0 Å². The van der Waals surface area contributed by atoms with Crippen LogP contribution in [0.1, 0.15) is 46.8 Å². The van der Waals surface area contributed by atoms with Gasteiger partial charge in [-0.3, -0.25) is 4.79 Å². The van der Waals surface area contributed by atoms with Gasteiger partial charge in [-0.2, -0.15) is 0 Å². The van der Waals surface area contributed by atoms with Crippen LogP contribution in [0, 0.1) is 19.8 Å². The highest BCUT2D eigenvalue weighted by atomic mass is 32.2. The molecule has 0 bridgehead atoms. The van der Waals surface area contributed by atoms with E-state index in [1.807, 2.05) is 38.1 Å². The van der Waals surface area contributed by atoms with Crippen LogP contribution in [-0.2, 0) is 25.3 Å². The molecule has 2 aromatic carbocycles. The Bertz CT molecular complexity index is 1090. The monoisotopic (exact) mass is 458 g/mol. The van der Waals surface area contributed by atoms with Gasteiger partial charge >= 0.3 is 5.97 Å². The Kier molecular flexibility index (Phi) is 7.69. The van der Waals surface area contributed by atoms with Crippen LogP contribution in [0.2, 0.25) is 0 Å². The van der Waals surface area contributed by atoms with Gasteiger partial charge in [0.05, 0.1) is 17.9 Å². The molecule has 2 aromatic rings. The zero-order valence-corrected chi connectivity index (χ0v) is 19.6. The van der Waals surface area contributed by atoms with Crippen LogP contribution in [0.3, 0.4) is 0 Å². The molecule has 1 amide bonds. The molecular formula is C24H30N2O5S. The summed E-state index contributed by atoms with van der Waals surface area (Å²) >= 11 is 0. The van der Waals surface area contributed by atoms with Crippen molar-refractivity contribution < 1.29 is 22.7 Å². The number of nitrogens with one attached hydrogen (secondary N) is 1. The summed E-state index contributed by atoms with van der Waals surface area (Å²) in [7, 11) is -3.44. The molecule has 1 fully saturated rings. The molecule has 1 saturated heterocycles. The normalized spacial score (nSPS) is 15.3. The van der Waals surface area contributed by atoms with Crippen molar-refractivity contribution in [2.45, 2.75) is 39.4 Å². The topological polar surface area (TPSA) is 92.8 Å². The van der Waals surface area contributed by atoms with Crippen LogP contribution in [-0.4, -0.2) is 44.3 Å². The van der Waals surface area contributed by atoms with Crippen molar-refractivity contribution in [1.82, 2.24) is 4.31 Å². The Morgan fingerprint density at radius 1 is 1.06 bits per heavy atom. The van der Waals surface area contributed by atoms with Gasteiger partial charge in [0.1, 0.15) is 0 Å². The van der Waals surface area contributed by atoms with Crippen LogP contribution < -0.4 is 5.32 Å². The first-order chi connectivity index (χ1) is 15.2. The first-order valence-electron chi connectivity index (χ1n) is 10.8. The largest absolute Gasteiger partial charge is 0.462 e. The Balaban J connectivity index is 1.60. The number of rotatable bonds is 7. The lowest BCUT2D eigenvalue weighted by Crippen LogP contribution is -2.42. The summed E-state index contributed by atoms with van der Waals surface area (Å²) in [5.74, 6) is -0.915. The smallest absolute Gasteiger partial charge is 0.338 e. The first kappa shape index (κ1) is 23.9. The van der Waals surface area contributed by atoms with E-state index in [0.29, 0.717) is 37.2 Å². The van der Waals surface area contributed by atoms with Crippen LogP contribution in [0.25, 0.3) is 0 Å². The fraction of sp³-hybridized carbons (Fsp3) is 0.417. The minimum Gasteiger partial charge on any atom is -0.462 e. The van der Waals surface area contributed by atoms with Gasteiger partial charge in [0.25, 0.3) is 0 Å². The molecule has 0 atom stereocenters. The van der Waals surface area contributed by atoms with Crippen LogP contribution >= 0.6 is 0 Å². The molecule has 0 saturated carbocycles. The predicted octanol–water partition coefficient (Wildman–Crippen LogP) is 3.66. The highest BCUT2D eigenvalue weighted by Gasteiger charge is 2.31. The van der Waals surface area contributed by atoms with Gasteiger partial charge in [-0.15, -0.1) is 0 Å². The van der Waals surface area contributed by atoms with Crippen molar-refractivity contribution in [1.29, 1.82) is 0 Å². The molecule has 1 heterocycles. The number of anilines is 1. The van der Waals surface area contributed by atoms with E-state index in [1.165, 1.54) is 4.31 Å². The molecule has 8 heteroatoms. The minimum absolute atomic E-state index is 0.0314. The third kappa shape index (κ3) is 5.75. The van der Waals surface area contributed by atoms with Gasteiger partial charge in [-0.25, -0.2) is 17.5 Å². The van der Waals surface area contributed by atoms with Crippen molar-refractivity contribution >= 4 is 27.6 Å². The summed E-state index contributed by atoms with van der Waals surface area (Å²) in [5, 5.41) is 2.90. The number of piperidine rings is 1. The lowest BCUT2D eigenvalue weighted by Gasteiger charge is -2.30. The molecule has 1 aliphatic rings. The molecular weight excluding hydrogens is 428 g/mol. The average molecular weight is 459 g/mol. The second kappa shape index (κ2) is 10.3. The number of sulfonamides is 1. The van der Waals surface area contributed by atoms with E-state index in [9.17, 15) is 18.0 Å². The number of carbonyl (C=O) groups is 2. The molecule has 32 heavy (non-hydrogen) atoms. The first-order valence-corrected chi connectivity index (χ1v) is 12.4. The zero-order chi connectivity index (χ0) is 23.3. The Hall–Kier alpha value is -2.71. The van der Waals surface area contributed by atoms with E-state index in [2.05, 4.69) is 5.32 Å². The van der Waals surface area contributed by atoms with Crippen molar-refractivity contribution in [2.24, 2.45) is 5.92 Å². The van der Waals surface area contributed by atoms with Gasteiger partial charge in [0.15, 0.2) is 0 Å². The molecule has 0 aliphatic carbocycles. The standard InChI is InChI=1S/C24H30N2O5S/c1-4-31-24(28)20-10-9-18(3)22(15-20)25-23(27)19-11-13-26(14-12-19)32(29,30)16-21-8-6-5-7-17(21)2/h5-10,15,19H,4,11-14,16H2,1-3H3,(H,25,27). The van der Waals surface area contributed by atoms with Crippen LogP contribution in [0.15, 0.2) is 42.5 Å². The summed E-state index contributed by atoms with van der Waals surface area (Å²) in [6.45, 7) is 6.40.